The second kappa shape index (κ2) is 10.1. The third kappa shape index (κ3) is 5.72. The number of aryl methyl sites for hydroxylation is 1. The predicted molar refractivity (Wildman–Crippen MR) is 115 cm³/mol. The molecule has 1 aromatic heterocycles. The number of rotatable bonds is 9. The van der Waals surface area contributed by atoms with Gasteiger partial charge in [0.25, 0.3) is 5.91 Å². The SMILES string of the molecule is CCc1ccccc1NC(=O)c1ccc(NCCOc2ccc(OC)cc2)nc1. The molecule has 3 rings (SSSR count). The fourth-order valence-electron chi connectivity index (χ4n) is 2.80. The molecule has 2 N–H and O–H groups in total. The van der Waals surface area contributed by atoms with E-state index in [4.69, 9.17) is 9.47 Å². The molecule has 29 heavy (non-hydrogen) atoms. The highest BCUT2D eigenvalue weighted by Crippen LogP contribution is 2.18. The zero-order chi connectivity index (χ0) is 20.5. The van der Waals surface area contributed by atoms with Crippen molar-refractivity contribution < 1.29 is 14.3 Å². The van der Waals surface area contributed by atoms with Gasteiger partial charge in [-0.3, -0.25) is 4.79 Å². The highest BCUT2D eigenvalue weighted by molar-refractivity contribution is 6.04. The van der Waals surface area contributed by atoms with Crippen LogP contribution in [0.2, 0.25) is 0 Å². The van der Waals surface area contributed by atoms with Crippen molar-refractivity contribution in [2.75, 3.05) is 30.9 Å². The summed E-state index contributed by atoms with van der Waals surface area (Å²) in [5.41, 5.74) is 2.44. The Morgan fingerprint density at radius 1 is 1.00 bits per heavy atom. The Bertz CT molecular complexity index is 925. The number of methoxy groups -OCH3 is 1. The lowest BCUT2D eigenvalue weighted by molar-refractivity contribution is 0.102. The van der Waals surface area contributed by atoms with Crippen molar-refractivity contribution in [1.82, 2.24) is 4.98 Å². The molecule has 3 aromatic rings. The van der Waals surface area contributed by atoms with Crippen molar-refractivity contribution in [3.63, 3.8) is 0 Å². The van der Waals surface area contributed by atoms with Gasteiger partial charge >= 0.3 is 0 Å². The number of carbonyl (C=O) groups excluding carboxylic acids is 1. The van der Waals surface area contributed by atoms with Gasteiger partial charge in [0.15, 0.2) is 0 Å². The van der Waals surface area contributed by atoms with Crippen LogP contribution in [0.1, 0.15) is 22.8 Å². The van der Waals surface area contributed by atoms with Crippen molar-refractivity contribution in [1.29, 1.82) is 0 Å². The van der Waals surface area contributed by atoms with Crippen LogP contribution in [0, 0.1) is 0 Å². The Kier molecular flexibility index (Phi) is 7.05. The summed E-state index contributed by atoms with van der Waals surface area (Å²) in [6.45, 7) is 3.14. The maximum Gasteiger partial charge on any atom is 0.257 e. The molecule has 0 unspecified atom stereocenters. The minimum Gasteiger partial charge on any atom is -0.497 e. The van der Waals surface area contributed by atoms with Crippen LogP contribution in [0.3, 0.4) is 0 Å². The third-order valence-corrected chi connectivity index (χ3v) is 4.41. The number of ether oxygens (including phenoxy) is 2. The first-order chi connectivity index (χ1) is 14.2. The van der Waals surface area contributed by atoms with E-state index in [1.54, 1.807) is 25.4 Å². The van der Waals surface area contributed by atoms with Gasteiger partial charge in [-0.25, -0.2) is 4.98 Å². The molecular weight excluding hydrogens is 366 g/mol. The molecule has 1 heterocycles. The number of pyridine rings is 1. The van der Waals surface area contributed by atoms with Crippen LogP contribution >= 0.6 is 0 Å². The van der Waals surface area contributed by atoms with Crippen LogP contribution in [0.15, 0.2) is 66.9 Å². The summed E-state index contributed by atoms with van der Waals surface area (Å²) >= 11 is 0. The van der Waals surface area contributed by atoms with Gasteiger partial charge in [-0.1, -0.05) is 25.1 Å². The van der Waals surface area contributed by atoms with E-state index in [0.29, 0.717) is 24.5 Å². The highest BCUT2D eigenvalue weighted by Gasteiger charge is 2.09. The lowest BCUT2D eigenvalue weighted by Gasteiger charge is -2.11. The summed E-state index contributed by atoms with van der Waals surface area (Å²) in [5.74, 6) is 2.09. The van der Waals surface area contributed by atoms with Gasteiger partial charge in [0, 0.05) is 11.9 Å². The normalized spacial score (nSPS) is 10.3. The maximum absolute atomic E-state index is 12.5. The first-order valence-electron chi connectivity index (χ1n) is 9.55. The average molecular weight is 391 g/mol. The third-order valence-electron chi connectivity index (χ3n) is 4.41. The topological polar surface area (TPSA) is 72.5 Å². The number of carbonyl (C=O) groups is 1. The molecule has 6 nitrogen and oxygen atoms in total. The second-order valence-electron chi connectivity index (χ2n) is 6.35. The first-order valence-corrected chi connectivity index (χ1v) is 9.55. The number of nitrogens with one attached hydrogen (secondary N) is 2. The van der Waals surface area contributed by atoms with Gasteiger partial charge in [0.05, 0.1) is 19.2 Å². The van der Waals surface area contributed by atoms with Gasteiger partial charge < -0.3 is 20.1 Å². The Balaban J connectivity index is 1.47. The Hall–Kier alpha value is -3.54. The summed E-state index contributed by atoms with van der Waals surface area (Å²) in [6.07, 6.45) is 2.42. The molecule has 0 saturated heterocycles. The molecule has 0 aliphatic carbocycles. The minimum absolute atomic E-state index is 0.173. The largest absolute Gasteiger partial charge is 0.497 e. The Morgan fingerprint density at radius 3 is 2.45 bits per heavy atom. The van der Waals surface area contributed by atoms with Crippen molar-refractivity contribution in [3.05, 3.63) is 78.0 Å². The number of hydrogen-bond donors (Lipinski definition) is 2. The molecule has 0 aliphatic heterocycles. The zero-order valence-electron chi connectivity index (χ0n) is 16.6. The number of hydrogen-bond acceptors (Lipinski definition) is 5. The molecule has 0 saturated carbocycles. The van der Waals surface area contributed by atoms with E-state index < -0.39 is 0 Å². The molecule has 150 valence electrons. The molecule has 0 radical (unpaired) electrons. The summed E-state index contributed by atoms with van der Waals surface area (Å²) in [5, 5.41) is 6.13. The number of anilines is 2. The molecule has 6 heteroatoms. The first kappa shape index (κ1) is 20.2. The minimum atomic E-state index is -0.173. The van der Waals surface area contributed by atoms with Crippen LogP contribution in [0.4, 0.5) is 11.5 Å². The van der Waals surface area contributed by atoms with Crippen molar-refractivity contribution in [2.45, 2.75) is 13.3 Å². The van der Waals surface area contributed by atoms with E-state index in [-0.39, 0.29) is 5.91 Å². The summed E-state index contributed by atoms with van der Waals surface area (Å²) in [6, 6.07) is 18.8. The average Bonchev–Trinajstić information content (AvgIpc) is 2.78. The number of para-hydroxylation sites is 1. The molecule has 0 atom stereocenters. The Morgan fingerprint density at radius 2 is 1.76 bits per heavy atom. The molecular formula is C23H25N3O3. The molecule has 0 spiro atoms. The zero-order valence-corrected chi connectivity index (χ0v) is 16.6. The van der Waals surface area contributed by atoms with Crippen molar-refractivity contribution in [2.24, 2.45) is 0 Å². The standard InChI is InChI=1S/C23H25N3O3/c1-3-17-6-4-5-7-21(17)26-23(27)18-8-13-22(25-16-18)24-14-15-29-20-11-9-19(28-2)10-12-20/h4-13,16H,3,14-15H2,1-2H3,(H,24,25)(H,26,27). The van der Waals surface area contributed by atoms with Crippen LogP contribution in [-0.4, -0.2) is 31.2 Å². The molecule has 0 fully saturated rings. The number of benzene rings is 2. The quantitative estimate of drug-likeness (QED) is 0.529. The Labute approximate surface area is 170 Å². The van der Waals surface area contributed by atoms with Gasteiger partial charge in [0.1, 0.15) is 23.9 Å². The van der Waals surface area contributed by atoms with E-state index >= 15 is 0 Å². The summed E-state index contributed by atoms with van der Waals surface area (Å²) in [4.78, 5) is 16.8. The van der Waals surface area contributed by atoms with Crippen LogP contribution in [0.25, 0.3) is 0 Å². The predicted octanol–water partition coefficient (Wildman–Crippen LogP) is 4.40. The van der Waals surface area contributed by atoms with Crippen molar-refractivity contribution in [3.8, 4) is 11.5 Å². The van der Waals surface area contributed by atoms with Crippen LogP contribution < -0.4 is 20.1 Å². The molecule has 1 amide bonds. The van der Waals surface area contributed by atoms with Crippen LogP contribution in [-0.2, 0) is 6.42 Å². The van der Waals surface area contributed by atoms with Crippen LogP contribution in [0.5, 0.6) is 11.5 Å². The summed E-state index contributed by atoms with van der Waals surface area (Å²) in [7, 11) is 1.63. The maximum atomic E-state index is 12.5. The molecule has 0 bridgehead atoms. The second-order valence-corrected chi connectivity index (χ2v) is 6.35. The number of nitrogens with zero attached hydrogens (tertiary/aromatic N) is 1. The van der Waals surface area contributed by atoms with Gasteiger partial charge in [0.2, 0.25) is 0 Å². The van der Waals surface area contributed by atoms with E-state index in [2.05, 4.69) is 22.5 Å². The van der Waals surface area contributed by atoms with Gasteiger partial charge in [-0.2, -0.15) is 0 Å². The highest BCUT2D eigenvalue weighted by atomic mass is 16.5. The van der Waals surface area contributed by atoms with E-state index in [0.717, 1.165) is 29.2 Å². The van der Waals surface area contributed by atoms with E-state index in [1.807, 2.05) is 48.5 Å². The number of amides is 1. The monoisotopic (exact) mass is 391 g/mol. The lowest BCUT2D eigenvalue weighted by atomic mass is 10.1. The molecule has 0 aliphatic rings. The van der Waals surface area contributed by atoms with E-state index in [1.165, 1.54) is 0 Å². The lowest BCUT2D eigenvalue weighted by Crippen LogP contribution is -2.15. The van der Waals surface area contributed by atoms with E-state index in [9.17, 15) is 4.79 Å². The molecule has 2 aromatic carbocycles. The number of aromatic nitrogens is 1. The fraction of sp³-hybridized carbons (Fsp3) is 0.217. The van der Waals surface area contributed by atoms with Gasteiger partial charge in [-0.15, -0.1) is 0 Å². The summed E-state index contributed by atoms with van der Waals surface area (Å²) < 4.78 is 10.8. The van der Waals surface area contributed by atoms with Crippen molar-refractivity contribution >= 4 is 17.4 Å². The van der Waals surface area contributed by atoms with Gasteiger partial charge in [-0.05, 0) is 54.4 Å². The fourth-order valence-corrected chi connectivity index (χ4v) is 2.80. The smallest absolute Gasteiger partial charge is 0.257 e.